The second-order valence-electron chi connectivity index (χ2n) is 11.1. The molecule has 2 aromatic carbocycles. The highest BCUT2D eigenvalue weighted by molar-refractivity contribution is 7.17. The molecular weight excluding hydrogens is 576 g/mol. The summed E-state index contributed by atoms with van der Waals surface area (Å²) in [5.74, 6) is 6.16. The number of nitrogens with one attached hydrogen (secondary N) is 1. The molecule has 224 valence electrons. The fourth-order valence-electron chi connectivity index (χ4n) is 5.71. The molecule has 0 radical (unpaired) electrons. The molecule has 2 aromatic heterocycles. The molecule has 3 aliphatic rings. The molecule has 11 heteroatoms. The molecule has 3 amide bonds. The van der Waals surface area contributed by atoms with Crippen molar-refractivity contribution in [2.45, 2.75) is 25.3 Å². The molecular formula is C33H32N6O4S. The number of thiophene rings is 1. The Morgan fingerprint density at radius 1 is 0.977 bits per heavy atom. The fourth-order valence-corrected chi connectivity index (χ4v) is 6.90. The number of nitrogens with two attached hydrogens (primary N) is 1. The van der Waals surface area contributed by atoms with E-state index in [1.54, 1.807) is 47.5 Å². The fraction of sp³-hybridized carbons (Fsp3) is 0.273. The van der Waals surface area contributed by atoms with Gasteiger partial charge in [0.15, 0.2) is 0 Å². The molecule has 44 heavy (non-hydrogen) atoms. The first-order valence-corrected chi connectivity index (χ1v) is 15.6. The maximum Gasteiger partial charge on any atom is 0.278 e. The number of amides is 3. The van der Waals surface area contributed by atoms with Crippen LogP contribution >= 0.6 is 11.3 Å². The normalized spacial score (nSPS) is 16.0. The van der Waals surface area contributed by atoms with Crippen molar-refractivity contribution in [3.63, 3.8) is 0 Å². The zero-order valence-electron chi connectivity index (χ0n) is 24.1. The number of nitrogens with zero attached hydrogens (tertiary/aromatic N) is 4. The number of aromatic nitrogens is 1. The second-order valence-corrected chi connectivity index (χ2v) is 12.2. The number of ether oxygens (including phenoxy) is 1. The minimum absolute atomic E-state index is 0.132. The first-order valence-electron chi connectivity index (χ1n) is 14.8. The summed E-state index contributed by atoms with van der Waals surface area (Å²) in [4.78, 5) is 50.0. The number of carbonyl (C=O) groups excluding carboxylic acids is 3. The van der Waals surface area contributed by atoms with E-state index < -0.39 is 0 Å². The van der Waals surface area contributed by atoms with E-state index in [0.29, 0.717) is 66.8 Å². The highest BCUT2D eigenvalue weighted by Gasteiger charge is 2.33. The third-order valence-corrected chi connectivity index (χ3v) is 9.41. The van der Waals surface area contributed by atoms with Crippen LogP contribution in [0.25, 0.3) is 10.4 Å². The van der Waals surface area contributed by atoms with E-state index >= 15 is 0 Å². The highest BCUT2D eigenvalue weighted by atomic mass is 32.1. The maximum absolute atomic E-state index is 13.8. The number of pyridine rings is 1. The van der Waals surface area contributed by atoms with Gasteiger partial charge in [0.05, 0.1) is 29.3 Å². The van der Waals surface area contributed by atoms with Crippen LogP contribution in [0.2, 0.25) is 0 Å². The van der Waals surface area contributed by atoms with Gasteiger partial charge in [-0.05, 0) is 73.4 Å². The standard InChI is InChI=1S/C33H32N6O4S/c34-39(24-11-12-24)33(42)28-20-22-13-15-38(27-6-2-1-4-25(27)29(22)44-28)32(41)21-7-9-23(10-8-21)36-31(40)26-5-3-14-35-30(26)37-16-18-43-19-17-37/h1-10,14,20,24H,11-13,15-19,34H2,(H,36,40). The second kappa shape index (κ2) is 11.8. The lowest BCUT2D eigenvalue weighted by atomic mass is 10.1. The van der Waals surface area contributed by atoms with Gasteiger partial charge in [-0.25, -0.2) is 10.8 Å². The van der Waals surface area contributed by atoms with Gasteiger partial charge in [-0.1, -0.05) is 18.2 Å². The van der Waals surface area contributed by atoms with Gasteiger partial charge < -0.3 is 19.9 Å². The van der Waals surface area contributed by atoms with E-state index in [1.807, 2.05) is 30.3 Å². The van der Waals surface area contributed by atoms with Crippen molar-refractivity contribution >= 4 is 46.3 Å². The third-order valence-electron chi connectivity index (χ3n) is 8.22. The zero-order chi connectivity index (χ0) is 30.2. The molecule has 0 atom stereocenters. The topological polar surface area (TPSA) is 121 Å². The number of hydrogen-bond donors (Lipinski definition) is 2. The van der Waals surface area contributed by atoms with Crippen molar-refractivity contribution in [3.8, 4) is 10.4 Å². The van der Waals surface area contributed by atoms with Crippen LogP contribution in [-0.2, 0) is 11.2 Å². The van der Waals surface area contributed by atoms with Crippen molar-refractivity contribution in [1.29, 1.82) is 0 Å². The lowest BCUT2D eigenvalue weighted by molar-refractivity contribution is 0.0747. The number of rotatable bonds is 6. The van der Waals surface area contributed by atoms with Crippen LogP contribution in [0.3, 0.4) is 0 Å². The molecule has 3 N–H and O–H groups in total. The van der Waals surface area contributed by atoms with Gasteiger partial charge in [0.2, 0.25) is 0 Å². The molecule has 0 bridgehead atoms. The molecule has 4 heterocycles. The van der Waals surface area contributed by atoms with Crippen LogP contribution in [0, 0.1) is 0 Å². The molecule has 2 aliphatic heterocycles. The van der Waals surface area contributed by atoms with Crippen molar-refractivity contribution in [2.24, 2.45) is 5.84 Å². The molecule has 0 unspecified atom stereocenters. The Kier molecular flexibility index (Phi) is 7.59. The Labute approximate surface area is 259 Å². The Morgan fingerprint density at radius 2 is 1.75 bits per heavy atom. The van der Waals surface area contributed by atoms with E-state index in [0.717, 1.165) is 34.5 Å². The number of anilines is 3. The van der Waals surface area contributed by atoms with Gasteiger partial charge in [0.25, 0.3) is 17.7 Å². The van der Waals surface area contributed by atoms with Gasteiger partial charge in [-0.2, -0.15) is 0 Å². The number of hydrogen-bond acceptors (Lipinski definition) is 8. The summed E-state index contributed by atoms with van der Waals surface area (Å²) < 4.78 is 5.44. The Hall–Kier alpha value is -4.58. The lowest BCUT2D eigenvalue weighted by Crippen LogP contribution is -2.38. The van der Waals surface area contributed by atoms with Crippen LogP contribution < -0.4 is 21.0 Å². The van der Waals surface area contributed by atoms with Gasteiger partial charge in [-0.15, -0.1) is 11.3 Å². The molecule has 1 saturated carbocycles. The molecule has 0 spiro atoms. The molecule has 7 rings (SSSR count). The first kappa shape index (κ1) is 28.2. The predicted octanol–water partition coefficient (Wildman–Crippen LogP) is 4.58. The average Bonchev–Trinajstić information content (AvgIpc) is 3.86. The zero-order valence-corrected chi connectivity index (χ0v) is 24.9. The van der Waals surface area contributed by atoms with Crippen molar-refractivity contribution in [2.75, 3.05) is 48.0 Å². The summed E-state index contributed by atoms with van der Waals surface area (Å²) >= 11 is 1.44. The van der Waals surface area contributed by atoms with E-state index in [2.05, 4.69) is 15.2 Å². The number of benzene rings is 2. The van der Waals surface area contributed by atoms with E-state index in [1.165, 1.54) is 16.3 Å². The minimum Gasteiger partial charge on any atom is -0.378 e. The van der Waals surface area contributed by atoms with Crippen molar-refractivity contribution in [1.82, 2.24) is 9.99 Å². The molecule has 1 saturated heterocycles. The average molecular weight is 609 g/mol. The maximum atomic E-state index is 13.8. The predicted molar refractivity (Wildman–Crippen MR) is 170 cm³/mol. The molecule has 2 fully saturated rings. The quantitative estimate of drug-likeness (QED) is 0.187. The Morgan fingerprint density at radius 3 is 2.52 bits per heavy atom. The number of carbonyl (C=O) groups is 3. The van der Waals surface area contributed by atoms with Gasteiger partial charge in [0.1, 0.15) is 5.82 Å². The summed E-state index contributed by atoms with van der Waals surface area (Å²) in [6.07, 6.45) is 4.18. The van der Waals surface area contributed by atoms with Crippen molar-refractivity contribution < 1.29 is 19.1 Å². The van der Waals surface area contributed by atoms with E-state index in [9.17, 15) is 14.4 Å². The lowest BCUT2D eigenvalue weighted by Gasteiger charge is -2.29. The smallest absolute Gasteiger partial charge is 0.278 e. The van der Waals surface area contributed by atoms with Crippen molar-refractivity contribution in [3.05, 3.63) is 94.5 Å². The van der Waals surface area contributed by atoms with Gasteiger partial charge in [0, 0.05) is 53.6 Å². The number of para-hydroxylation sites is 1. The molecule has 1 aliphatic carbocycles. The van der Waals surface area contributed by atoms with Gasteiger partial charge in [-0.3, -0.25) is 19.4 Å². The van der Waals surface area contributed by atoms with Crippen LogP contribution in [0.4, 0.5) is 17.2 Å². The summed E-state index contributed by atoms with van der Waals surface area (Å²) in [6.45, 7) is 3.00. The van der Waals surface area contributed by atoms with Crippen LogP contribution in [0.1, 0.15) is 48.8 Å². The summed E-state index contributed by atoms with van der Waals surface area (Å²) in [7, 11) is 0. The third kappa shape index (κ3) is 5.45. The summed E-state index contributed by atoms with van der Waals surface area (Å²) in [5, 5.41) is 4.31. The van der Waals surface area contributed by atoms with E-state index in [4.69, 9.17) is 10.6 Å². The van der Waals surface area contributed by atoms with Crippen LogP contribution in [0.5, 0.6) is 0 Å². The summed E-state index contributed by atoms with van der Waals surface area (Å²) in [5.41, 5.74) is 4.34. The number of fused-ring (bicyclic) bond motifs is 3. The highest BCUT2D eigenvalue weighted by Crippen LogP contribution is 2.42. The minimum atomic E-state index is -0.265. The Balaban J connectivity index is 1.09. The summed E-state index contributed by atoms with van der Waals surface area (Å²) in [6, 6.07) is 20.3. The van der Waals surface area contributed by atoms with E-state index in [-0.39, 0.29) is 23.8 Å². The molecule has 10 nitrogen and oxygen atoms in total. The Bertz CT molecular complexity index is 1730. The monoisotopic (exact) mass is 608 g/mol. The van der Waals surface area contributed by atoms with Crippen LogP contribution in [0.15, 0.2) is 72.9 Å². The van der Waals surface area contributed by atoms with Crippen LogP contribution in [-0.4, -0.2) is 66.6 Å². The SMILES string of the molecule is NN(C(=O)c1cc2c(s1)-c1ccccc1N(C(=O)c1ccc(NC(=O)c3cccnc3N3CCOCC3)cc1)CC2)C1CC1. The number of morpholine rings is 1. The number of hydrazine groups is 1. The molecule has 4 aromatic rings. The first-order chi connectivity index (χ1) is 21.5. The largest absolute Gasteiger partial charge is 0.378 e. The van der Waals surface area contributed by atoms with Gasteiger partial charge >= 0.3 is 0 Å².